The lowest BCUT2D eigenvalue weighted by atomic mass is 9.77. The Morgan fingerprint density at radius 1 is 0.913 bits per heavy atom. The van der Waals surface area contributed by atoms with Gasteiger partial charge in [0.25, 0.3) is 0 Å². The highest BCUT2D eigenvalue weighted by molar-refractivity contribution is 7.84. The van der Waals surface area contributed by atoms with Crippen LogP contribution in [0.1, 0.15) is 62.3 Å². The number of fused-ring (bicyclic) bond motifs is 1. The van der Waals surface area contributed by atoms with Gasteiger partial charge in [-0.15, -0.1) is 0 Å². The summed E-state index contributed by atoms with van der Waals surface area (Å²) >= 11 is 0. The second kappa shape index (κ2) is 6.58. The molecule has 2 nitrogen and oxygen atoms in total. The predicted molar refractivity (Wildman–Crippen MR) is 97.7 cm³/mol. The normalized spacial score (nSPS) is 22.4. The van der Waals surface area contributed by atoms with Gasteiger partial charge >= 0.3 is 0 Å². The Kier molecular flexibility index (Phi) is 4.69. The zero-order chi connectivity index (χ0) is 16.4. The van der Waals surface area contributed by atoms with Crippen LogP contribution in [0.15, 0.2) is 54.6 Å². The zero-order valence-electron chi connectivity index (χ0n) is 14.1. The van der Waals surface area contributed by atoms with Gasteiger partial charge in [-0.3, -0.25) is 0 Å². The molecule has 1 unspecified atom stereocenters. The summed E-state index contributed by atoms with van der Waals surface area (Å²) in [6.07, 6.45) is 2.10. The van der Waals surface area contributed by atoms with Gasteiger partial charge in [0.2, 0.25) is 0 Å². The molecule has 1 N–H and O–H groups in total. The molecule has 0 saturated carbocycles. The molecule has 0 radical (unpaired) electrons. The van der Waals surface area contributed by atoms with Crippen LogP contribution in [0, 0.1) is 0 Å². The number of hydrogen-bond donors (Lipinski definition) is 1. The van der Waals surface area contributed by atoms with Crippen molar-refractivity contribution in [3.63, 3.8) is 0 Å². The number of hydrogen-bond acceptors (Lipinski definition) is 1. The number of nitrogens with one attached hydrogen (secondary N) is 1. The van der Waals surface area contributed by atoms with Crippen LogP contribution in [0.3, 0.4) is 0 Å². The molecule has 2 aromatic carbocycles. The van der Waals surface area contributed by atoms with Crippen molar-refractivity contribution in [1.29, 1.82) is 0 Å². The topological polar surface area (TPSA) is 29.1 Å². The lowest BCUT2D eigenvalue weighted by Gasteiger charge is -2.33. The van der Waals surface area contributed by atoms with Crippen LogP contribution in [-0.2, 0) is 11.0 Å². The summed E-state index contributed by atoms with van der Waals surface area (Å²) < 4.78 is 15.6. The molecule has 1 aliphatic rings. The fourth-order valence-corrected chi connectivity index (χ4v) is 4.11. The molecule has 3 rings (SSSR count). The summed E-state index contributed by atoms with van der Waals surface area (Å²) in [6, 6.07) is 19.5. The molecule has 122 valence electrons. The molecule has 3 heteroatoms. The Morgan fingerprint density at radius 3 is 2.17 bits per heavy atom. The van der Waals surface area contributed by atoms with Crippen LogP contribution in [0.4, 0.5) is 0 Å². The molecule has 0 heterocycles. The van der Waals surface area contributed by atoms with Crippen molar-refractivity contribution in [1.82, 2.24) is 4.72 Å². The Labute approximate surface area is 141 Å². The van der Waals surface area contributed by atoms with Gasteiger partial charge in [-0.2, -0.15) is 0 Å². The maximum absolute atomic E-state index is 12.5. The van der Waals surface area contributed by atoms with Crippen molar-refractivity contribution in [2.75, 3.05) is 0 Å². The van der Waals surface area contributed by atoms with E-state index in [1.807, 2.05) is 20.8 Å². The van der Waals surface area contributed by atoms with Gasteiger partial charge in [-0.05, 0) is 50.3 Å². The summed E-state index contributed by atoms with van der Waals surface area (Å²) in [5.41, 5.74) is 4.04. The summed E-state index contributed by atoms with van der Waals surface area (Å²) in [5.74, 6) is 0.438. The first-order valence-electron chi connectivity index (χ1n) is 8.28. The molecular formula is C20H25NOS. The first-order chi connectivity index (χ1) is 11.0. The van der Waals surface area contributed by atoms with Crippen molar-refractivity contribution in [2.45, 2.75) is 50.3 Å². The van der Waals surface area contributed by atoms with Gasteiger partial charge in [0.05, 0.1) is 15.7 Å². The molecule has 0 amide bonds. The Morgan fingerprint density at radius 2 is 1.52 bits per heavy atom. The lowest BCUT2D eigenvalue weighted by Crippen LogP contribution is -2.37. The Hall–Kier alpha value is -1.45. The van der Waals surface area contributed by atoms with Crippen molar-refractivity contribution in [3.8, 4) is 0 Å². The third kappa shape index (κ3) is 3.56. The summed E-state index contributed by atoms with van der Waals surface area (Å²) in [5, 5.41) is 0. The van der Waals surface area contributed by atoms with Gasteiger partial charge in [0.15, 0.2) is 0 Å². The molecule has 0 bridgehead atoms. The van der Waals surface area contributed by atoms with Crippen molar-refractivity contribution in [2.24, 2.45) is 0 Å². The minimum absolute atomic E-state index is 0.172. The fraction of sp³-hybridized carbons (Fsp3) is 0.400. The minimum Gasteiger partial charge on any atom is -0.242 e. The van der Waals surface area contributed by atoms with E-state index in [-0.39, 0.29) is 10.8 Å². The summed E-state index contributed by atoms with van der Waals surface area (Å²) in [4.78, 5) is 0. The van der Waals surface area contributed by atoms with E-state index in [2.05, 4.69) is 59.3 Å². The van der Waals surface area contributed by atoms with E-state index < -0.39 is 11.0 Å². The van der Waals surface area contributed by atoms with E-state index >= 15 is 0 Å². The van der Waals surface area contributed by atoms with E-state index in [9.17, 15) is 4.21 Å². The molecule has 0 aromatic heterocycles. The van der Waals surface area contributed by atoms with Gasteiger partial charge in [0, 0.05) is 12.0 Å². The maximum atomic E-state index is 12.5. The first kappa shape index (κ1) is 16.4. The third-order valence-electron chi connectivity index (χ3n) is 4.50. The van der Waals surface area contributed by atoms with Crippen molar-refractivity contribution < 1.29 is 4.21 Å². The number of benzene rings is 2. The second-order valence-corrected chi connectivity index (χ2v) is 9.22. The van der Waals surface area contributed by atoms with Gasteiger partial charge in [-0.1, -0.05) is 54.6 Å². The van der Waals surface area contributed by atoms with Crippen LogP contribution in [0.2, 0.25) is 0 Å². The second-order valence-electron chi connectivity index (χ2n) is 7.22. The highest BCUT2D eigenvalue weighted by atomic mass is 32.2. The molecule has 0 spiro atoms. The standard InChI is InChI=1S/C20H25NOS/c1-20(2,3)23(22)21-19-14-13-16(15-9-5-4-6-10-15)17-11-7-8-12-18(17)19/h4-12,16,19,21H,13-14H2,1-3H3/t16-,19+,23?/m1/s1. The third-order valence-corrected chi connectivity index (χ3v) is 6.11. The van der Waals surface area contributed by atoms with E-state index in [0.29, 0.717) is 5.92 Å². The van der Waals surface area contributed by atoms with Crippen LogP contribution in [0.25, 0.3) is 0 Å². The summed E-state index contributed by atoms with van der Waals surface area (Å²) in [6.45, 7) is 6.03. The molecule has 3 atom stereocenters. The maximum Gasteiger partial charge on any atom is 0.0975 e. The fourth-order valence-electron chi connectivity index (χ4n) is 3.25. The van der Waals surface area contributed by atoms with Gasteiger partial charge in [-0.25, -0.2) is 8.93 Å². The average molecular weight is 327 g/mol. The Balaban J connectivity index is 1.91. The van der Waals surface area contributed by atoms with Crippen molar-refractivity contribution >= 4 is 11.0 Å². The summed E-state index contributed by atoms with van der Waals surface area (Å²) in [7, 11) is -1.05. The van der Waals surface area contributed by atoms with Gasteiger partial charge < -0.3 is 0 Å². The smallest absolute Gasteiger partial charge is 0.0975 e. The molecule has 0 aliphatic heterocycles. The van der Waals surface area contributed by atoms with E-state index in [0.717, 1.165) is 12.8 Å². The molecule has 23 heavy (non-hydrogen) atoms. The van der Waals surface area contributed by atoms with E-state index in [1.165, 1.54) is 16.7 Å². The van der Waals surface area contributed by atoms with Crippen LogP contribution < -0.4 is 4.72 Å². The van der Waals surface area contributed by atoms with Crippen LogP contribution in [-0.4, -0.2) is 8.96 Å². The van der Waals surface area contributed by atoms with Gasteiger partial charge in [0.1, 0.15) is 0 Å². The Bertz CT molecular complexity index is 690. The lowest BCUT2D eigenvalue weighted by molar-refractivity contribution is 0.495. The molecule has 0 fully saturated rings. The quantitative estimate of drug-likeness (QED) is 0.869. The largest absolute Gasteiger partial charge is 0.242 e. The zero-order valence-corrected chi connectivity index (χ0v) is 14.9. The minimum atomic E-state index is -1.05. The number of rotatable bonds is 3. The van der Waals surface area contributed by atoms with Crippen LogP contribution >= 0.6 is 0 Å². The first-order valence-corrected chi connectivity index (χ1v) is 9.43. The molecular weight excluding hydrogens is 302 g/mol. The SMILES string of the molecule is CC(C)(C)S(=O)N[C@H]1CC[C@H](c2ccccc2)c2ccccc21. The van der Waals surface area contributed by atoms with E-state index in [4.69, 9.17) is 0 Å². The van der Waals surface area contributed by atoms with E-state index in [1.54, 1.807) is 0 Å². The monoisotopic (exact) mass is 327 g/mol. The predicted octanol–water partition coefficient (Wildman–Crippen LogP) is 4.71. The molecule has 0 saturated heterocycles. The van der Waals surface area contributed by atoms with Crippen molar-refractivity contribution in [3.05, 3.63) is 71.3 Å². The highest BCUT2D eigenvalue weighted by Gasteiger charge is 2.30. The molecule has 1 aliphatic carbocycles. The van der Waals surface area contributed by atoms with Crippen LogP contribution in [0.5, 0.6) is 0 Å². The molecule has 2 aromatic rings. The average Bonchev–Trinajstić information content (AvgIpc) is 2.55. The highest BCUT2D eigenvalue weighted by Crippen LogP contribution is 2.41.